The third-order valence-electron chi connectivity index (χ3n) is 4.62. The summed E-state index contributed by atoms with van der Waals surface area (Å²) >= 11 is 5.99. The number of hydrogen-bond donors (Lipinski definition) is 1. The Hall–Kier alpha value is -1.26. The number of nitrogens with zero attached hydrogens (tertiary/aromatic N) is 1. The van der Waals surface area contributed by atoms with E-state index in [0.29, 0.717) is 17.8 Å². The van der Waals surface area contributed by atoms with Crippen LogP contribution in [0.4, 0.5) is 4.79 Å². The highest BCUT2D eigenvalue weighted by Crippen LogP contribution is 2.51. The predicted molar refractivity (Wildman–Crippen MR) is 91.4 cm³/mol. The SMILES string of the molecule is CC(C)(C)OC(=O)N1CC2C(CNCc3cccc(Cl)c3)C2C1. The Morgan fingerprint density at radius 2 is 2.04 bits per heavy atom. The van der Waals surface area contributed by atoms with Crippen LogP contribution < -0.4 is 5.32 Å². The summed E-state index contributed by atoms with van der Waals surface area (Å²) in [7, 11) is 0. The molecule has 1 saturated carbocycles. The van der Waals surface area contributed by atoms with Crippen LogP contribution in [0.3, 0.4) is 0 Å². The van der Waals surface area contributed by atoms with Gasteiger partial charge < -0.3 is 15.0 Å². The molecule has 1 heterocycles. The van der Waals surface area contributed by atoms with Crippen molar-refractivity contribution in [3.63, 3.8) is 0 Å². The normalized spacial score (nSPS) is 26.1. The van der Waals surface area contributed by atoms with E-state index in [1.165, 1.54) is 5.56 Å². The van der Waals surface area contributed by atoms with Crippen molar-refractivity contribution in [1.29, 1.82) is 0 Å². The number of carbonyl (C=O) groups is 1. The Kier molecular flexibility index (Phi) is 4.56. The Bertz CT molecular complexity index is 573. The minimum absolute atomic E-state index is 0.171. The fourth-order valence-corrected chi connectivity index (χ4v) is 3.67. The summed E-state index contributed by atoms with van der Waals surface area (Å²) in [6, 6.07) is 7.94. The lowest BCUT2D eigenvalue weighted by molar-refractivity contribution is 0.0265. The largest absolute Gasteiger partial charge is 0.444 e. The first-order valence-corrected chi connectivity index (χ1v) is 8.64. The molecule has 126 valence electrons. The number of amides is 1. The number of halogens is 1. The maximum atomic E-state index is 12.0. The molecule has 1 aromatic rings. The monoisotopic (exact) mass is 336 g/mol. The van der Waals surface area contributed by atoms with E-state index in [4.69, 9.17) is 16.3 Å². The van der Waals surface area contributed by atoms with Gasteiger partial charge in [-0.1, -0.05) is 23.7 Å². The summed E-state index contributed by atoms with van der Waals surface area (Å²) in [6.07, 6.45) is -0.171. The van der Waals surface area contributed by atoms with Crippen molar-refractivity contribution >= 4 is 17.7 Å². The highest BCUT2D eigenvalue weighted by atomic mass is 35.5. The molecular weight excluding hydrogens is 312 g/mol. The van der Waals surface area contributed by atoms with Crippen LogP contribution in [0.2, 0.25) is 5.02 Å². The molecule has 2 fully saturated rings. The van der Waals surface area contributed by atoms with E-state index in [1.807, 2.05) is 43.9 Å². The smallest absolute Gasteiger partial charge is 0.410 e. The van der Waals surface area contributed by atoms with Gasteiger partial charge in [0.15, 0.2) is 0 Å². The summed E-state index contributed by atoms with van der Waals surface area (Å²) in [5.74, 6) is 1.96. The molecule has 0 aromatic heterocycles. The van der Waals surface area contributed by atoms with Crippen molar-refractivity contribution in [1.82, 2.24) is 10.2 Å². The quantitative estimate of drug-likeness (QED) is 0.914. The molecule has 3 rings (SSSR count). The van der Waals surface area contributed by atoms with E-state index in [9.17, 15) is 4.79 Å². The number of piperidine rings is 1. The molecule has 1 aliphatic heterocycles. The molecule has 2 atom stereocenters. The lowest BCUT2D eigenvalue weighted by Gasteiger charge is -2.26. The summed E-state index contributed by atoms with van der Waals surface area (Å²) in [5.41, 5.74) is 0.792. The van der Waals surface area contributed by atoms with E-state index in [-0.39, 0.29) is 6.09 Å². The van der Waals surface area contributed by atoms with E-state index in [2.05, 4.69) is 11.4 Å². The second kappa shape index (κ2) is 6.33. The second-order valence-electron chi connectivity index (χ2n) is 7.64. The minimum Gasteiger partial charge on any atom is -0.444 e. The molecule has 1 N–H and O–H groups in total. The predicted octanol–water partition coefficient (Wildman–Crippen LogP) is 3.54. The van der Waals surface area contributed by atoms with Gasteiger partial charge in [-0.3, -0.25) is 0 Å². The van der Waals surface area contributed by atoms with Gasteiger partial charge >= 0.3 is 6.09 Å². The number of nitrogens with one attached hydrogen (secondary N) is 1. The van der Waals surface area contributed by atoms with Gasteiger partial charge in [-0.25, -0.2) is 4.79 Å². The van der Waals surface area contributed by atoms with Gasteiger partial charge in [0, 0.05) is 24.7 Å². The lowest BCUT2D eigenvalue weighted by Crippen LogP contribution is -2.37. The zero-order valence-electron chi connectivity index (χ0n) is 14.0. The van der Waals surface area contributed by atoms with Crippen LogP contribution in [0.15, 0.2) is 24.3 Å². The molecule has 1 aromatic carbocycles. The highest BCUT2D eigenvalue weighted by Gasteiger charge is 2.56. The molecule has 4 nitrogen and oxygen atoms in total. The van der Waals surface area contributed by atoms with Gasteiger partial charge in [-0.2, -0.15) is 0 Å². The second-order valence-corrected chi connectivity index (χ2v) is 8.07. The average Bonchev–Trinajstić information content (AvgIpc) is 2.90. The Morgan fingerprint density at radius 1 is 1.35 bits per heavy atom. The van der Waals surface area contributed by atoms with Crippen LogP contribution in [0.1, 0.15) is 26.3 Å². The number of benzene rings is 1. The van der Waals surface area contributed by atoms with Crippen LogP contribution >= 0.6 is 11.6 Å². The number of hydrogen-bond acceptors (Lipinski definition) is 3. The lowest BCUT2D eigenvalue weighted by atomic mass is 10.2. The molecule has 2 aliphatic rings. The molecule has 23 heavy (non-hydrogen) atoms. The molecule has 0 radical (unpaired) electrons. The first-order valence-electron chi connectivity index (χ1n) is 8.26. The number of carbonyl (C=O) groups excluding carboxylic acids is 1. The van der Waals surface area contributed by atoms with Gasteiger partial charge in [0.1, 0.15) is 5.60 Å². The number of ether oxygens (including phenoxy) is 1. The first-order chi connectivity index (χ1) is 10.8. The zero-order chi connectivity index (χ0) is 16.6. The van der Waals surface area contributed by atoms with Gasteiger partial charge in [-0.05, 0) is 62.8 Å². The van der Waals surface area contributed by atoms with Crippen LogP contribution in [-0.4, -0.2) is 36.2 Å². The van der Waals surface area contributed by atoms with Crippen LogP contribution in [0.25, 0.3) is 0 Å². The van der Waals surface area contributed by atoms with E-state index >= 15 is 0 Å². The van der Waals surface area contributed by atoms with Crippen LogP contribution in [0, 0.1) is 17.8 Å². The van der Waals surface area contributed by atoms with Gasteiger partial charge in [0.2, 0.25) is 0 Å². The summed E-state index contributed by atoms with van der Waals surface area (Å²) in [6.45, 7) is 9.24. The Morgan fingerprint density at radius 3 is 2.65 bits per heavy atom. The summed E-state index contributed by atoms with van der Waals surface area (Å²) in [5, 5.41) is 4.29. The fraction of sp³-hybridized carbons (Fsp3) is 0.611. The van der Waals surface area contributed by atoms with Crippen molar-refractivity contribution in [2.45, 2.75) is 32.9 Å². The summed E-state index contributed by atoms with van der Waals surface area (Å²) in [4.78, 5) is 13.9. The van der Waals surface area contributed by atoms with E-state index in [1.54, 1.807) is 0 Å². The molecule has 5 heteroatoms. The Balaban J connectivity index is 1.38. The first kappa shape index (κ1) is 16.6. The Labute approximate surface area is 143 Å². The third kappa shape index (κ3) is 4.18. The van der Waals surface area contributed by atoms with Crippen molar-refractivity contribution < 1.29 is 9.53 Å². The van der Waals surface area contributed by atoms with Crippen molar-refractivity contribution in [3.05, 3.63) is 34.9 Å². The number of rotatable bonds is 4. The average molecular weight is 337 g/mol. The zero-order valence-corrected chi connectivity index (χ0v) is 14.8. The number of fused-ring (bicyclic) bond motifs is 1. The molecule has 1 amide bonds. The topological polar surface area (TPSA) is 41.6 Å². The molecular formula is C18H25ClN2O2. The molecule has 1 aliphatic carbocycles. The minimum atomic E-state index is -0.415. The van der Waals surface area contributed by atoms with E-state index < -0.39 is 5.60 Å². The molecule has 0 spiro atoms. The van der Waals surface area contributed by atoms with Gasteiger partial charge in [0.25, 0.3) is 0 Å². The standard InChI is InChI=1S/C18H25ClN2O2/c1-18(2,3)23-17(22)21-10-15-14(16(15)11-21)9-20-8-12-5-4-6-13(19)7-12/h4-7,14-16,20H,8-11H2,1-3H3. The molecule has 2 unspecified atom stereocenters. The third-order valence-corrected chi connectivity index (χ3v) is 4.86. The maximum absolute atomic E-state index is 12.0. The van der Waals surface area contributed by atoms with Crippen molar-refractivity contribution in [2.75, 3.05) is 19.6 Å². The van der Waals surface area contributed by atoms with Crippen molar-refractivity contribution in [3.8, 4) is 0 Å². The van der Waals surface area contributed by atoms with Crippen molar-refractivity contribution in [2.24, 2.45) is 17.8 Å². The van der Waals surface area contributed by atoms with E-state index in [0.717, 1.165) is 31.2 Å². The maximum Gasteiger partial charge on any atom is 0.410 e. The molecule has 0 bridgehead atoms. The fourth-order valence-electron chi connectivity index (χ4n) is 3.46. The van der Waals surface area contributed by atoms with Gasteiger partial charge in [0.05, 0.1) is 0 Å². The van der Waals surface area contributed by atoms with Gasteiger partial charge in [-0.15, -0.1) is 0 Å². The molecule has 1 saturated heterocycles. The highest BCUT2D eigenvalue weighted by molar-refractivity contribution is 6.30. The summed E-state index contributed by atoms with van der Waals surface area (Å²) < 4.78 is 5.43. The van der Waals surface area contributed by atoms with Crippen LogP contribution in [-0.2, 0) is 11.3 Å². The number of likely N-dealkylation sites (tertiary alicyclic amines) is 1. The van der Waals surface area contributed by atoms with Crippen LogP contribution in [0.5, 0.6) is 0 Å².